The number of hydrogen-bond acceptors (Lipinski definition) is 4. The molecule has 0 radical (unpaired) electrons. The van der Waals surface area contributed by atoms with E-state index in [4.69, 9.17) is 9.47 Å². The van der Waals surface area contributed by atoms with Gasteiger partial charge < -0.3 is 14.4 Å². The second-order valence-corrected chi connectivity index (χ2v) is 9.24. The molecule has 3 rings (SSSR count). The molecule has 6 heteroatoms. The van der Waals surface area contributed by atoms with Crippen LogP contribution in [0.3, 0.4) is 0 Å². The molecule has 2 aliphatic rings. The van der Waals surface area contributed by atoms with Gasteiger partial charge in [-0.3, -0.25) is 9.69 Å². The Morgan fingerprint density at radius 2 is 1.72 bits per heavy atom. The number of nitrogens with zero attached hydrogens (tertiary/aromatic N) is 2. The van der Waals surface area contributed by atoms with Gasteiger partial charge in [-0.1, -0.05) is 12.1 Å². The number of carbonyl (C=O) groups excluding carboxylic acids is 2. The van der Waals surface area contributed by atoms with Crippen molar-refractivity contribution < 1.29 is 19.1 Å². The molecule has 0 spiro atoms. The average molecular weight is 403 g/mol. The summed E-state index contributed by atoms with van der Waals surface area (Å²) in [6.45, 7) is 11.6. The molecular formula is C23H34N2O4. The lowest BCUT2D eigenvalue weighted by molar-refractivity contribution is -0.137. The third-order valence-electron chi connectivity index (χ3n) is 5.56. The molecule has 160 valence electrons. The van der Waals surface area contributed by atoms with Gasteiger partial charge in [0.1, 0.15) is 23.5 Å². The van der Waals surface area contributed by atoms with Crippen molar-refractivity contribution in [2.45, 2.75) is 78.0 Å². The SMILES string of the molecule is Cc1ccc(C)c(OC2CCN(C(=O)C3CCCN3C(=O)OC(C)(C)C)CC2)c1. The Hall–Kier alpha value is -2.24. The zero-order chi connectivity index (χ0) is 21.2. The van der Waals surface area contributed by atoms with E-state index in [0.29, 0.717) is 26.1 Å². The summed E-state index contributed by atoms with van der Waals surface area (Å²) >= 11 is 0. The Bertz CT molecular complexity index is 748. The molecular weight excluding hydrogens is 368 g/mol. The number of aryl methyl sites for hydroxylation is 2. The van der Waals surface area contributed by atoms with Gasteiger partial charge in [0.2, 0.25) is 5.91 Å². The van der Waals surface area contributed by atoms with E-state index < -0.39 is 11.6 Å². The lowest BCUT2D eigenvalue weighted by Crippen LogP contribution is -2.51. The smallest absolute Gasteiger partial charge is 0.410 e. The average Bonchev–Trinajstić information content (AvgIpc) is 3.13. The summed E-state index contributed by atoms with van der Waals surface area (Å²) in [5.41, 5.74) is 1.76. The van der Waals surface area contributed by atoms with E-state index in [0.717, 1.165) is 30.6 Å². The molecule has 0 bridgehead atoms. The minimum absolute atomic E-state index is 0.0403. The highest BCUT2D eigenvalue weighted by atomic mass is 16.6. The van der Waals surface area contributed by atoms with Crippen molar-refractivity contribution in [2.75, 3.05) is 19.6 Å². The van der Waals surface area contributed by atoms with Gasteiger partial charge in [-0.25, -0.2) is 4.79 Å². The minimum atomic E-state index is -0.559. The lowest BCUT2D eigenvalue weighted by Gasteiger charge is -2.36. The van der Waals surface area contributed by atoms with Crippen LogP contribution in [0.4, 0.5) is 4.79 Å². The predicted molar refractivity (Wildman–Crippen MR) is 112 cm³/mol. The van der Waals surface area contributed by atoms with Crippen molar-refractivity contribution >= 4 is 12.0 Å². The summed E-state index contributed by atoms with van der Waals surface area (Å²) in [6.07, 6.45) is 2.88. The van der Waals surface area contributed by atoms with Crippen LogP contribution >= 0.6 is 0 Å². The fraction of sp³-hybridized carbons (Fsp3) is 0.652. The molecule has 1 atom stereocenters. The van der Waals surface area contributed by atoms with E-state index in [1.54, 1.807) is 4.90 Å². The first kappa shape index (κ1) is 21.5. The number of hydrogen-bond donors (Lipinski definition) is 0. The molecule has 0 aromatic heterocycles. The fourth-order valence-electron chi connectivity index (χ4n) is 3.98. The fourth-order valence-corrected chi connectivity index (χ4v) is 3.98. The number of rotatable bonds is 3. The van der Waals surface area contributed by atoms with E-state index in [2.05, 4.69) is 32.0 Å². The van der Waals surface area contributed by atoms with E-state index >= 15 is 0 Å². The molecule has 1 aromatic rings. The Morgan fingerprint density at radius 1 is 1.03 bits per heavy atom. The number of piperidine rings is 1. The van der Waals surface area contributed by atoms with Gasteiger partial charge in [0.05, 0.1) is 0 Å². The van der Waals surface area contributed by atoms with Crippen LogP contribution in [-0.4, -0.2) is 59.2 Å². The maximum absolute atomic E-state index is 13.1. The maximum atomic E-state index is 13.1. The van der Waals surface area contributed by atoms with Crippen molar-refractivity contribution in [1.82, 2.24) is 9.80 Å². The number of benzene rings is 1. The summed E-state index contributed by atoms with van der Waals surface area (Å²) < 4.78 is 11.7. The molecule has 0 N–H and O–H groups in total. The Kier molecular flexibility index (Phi) is 6.39. The van der Waals surface area contributed by atoms with E-state index in [1.807, 2.05) is 25.7 Å². The van der Waals surface area contributed by atoms with Crippen LogP contribution in [0.1, 0.15) is 57.6 Å². The Balaban J connectivity index is 1.55. The van der Waals surface area contributed by atoms with Gasteiger partial charge in [0.25, 0.3) is 0 Å². The standard InChI is InChI=1S/C23H34N2O4/c1-16-8-9-17(2)20(15-16)28-18-10-13-24(14-11-18)21(26)19-7-6-12-25(19)22(27)29-23(3,4)5/h8-9,15,18-19H,6-7,10-14H2,1-5H3. The molecule has 29 heavy (non-hydrogen) atoms. The zero-order valence-electron chi connectivity index (χ0n) is 18.4. The van der Waals surface area contributed by atoms with Crippen LogP contribution in [-0.2, 0) is 9.53 Å². The minimum Gasteiger partial charge on any atom is -0.490 e. The van der Waals surface area contributed by atoms with E-state index in [9.17, 15) is 9.59 Å². The quantitative estimate of drug-likeness (QED) is 0.765. The molecule has 1 unspecified atom stereocenters. The van der Waals surface area contributed by atoms with Crippen LogP contribution in [0.15, 0.2) is 18.2 Å². The first-order valence-electron chi connectivity index (χ1n) is 10.7. The number of likely N-dealkylation sites (tertiary alicyclic amines) is 2. The second-order valence-electron chi connectivity index (χ2n) is 9.24. The van der Waals surface area contributed by atoms with Crippen LogP contribution in [0.5, 0.6) is 5.75 Å². The van der Waals surface area contributed by atoms with Gasteiger partial charge in [0, 0.05) is 32.5 Å². The van der Waals surface area contributed by atoms with Crippen LogP contribution in [0.25, 0.3) is 0 Å². The monoisotopic (exact) mass is 402 g/mol. The van der Waals surface area contributed by atoms with Crippen molar-refractivity contribution in [1.29, 1.82) is 0 Å². The van der Waals surface area contributed by atoms with Gasteiger partial charge in [0.15, 0.2) is 0 Å². The Labute approximate surface area is 174 Å². The highest BCUT2D eigenvalue weighted by Gasteiger charge is 2.39. The molecule has 0 aliphatic carbocycles. The largest absolute Gasteiger partial charge is 0.490 e. The van der Waals surface area contributed by atoms with Crippen molar-refractivity contribution in [3.8, 4) is 5.75 Å². The molecule has 2 saturated heterocycles. The van der Waals surface area contributed by atoms with Crippen molar-refractivity contribution in [3.63, 3.8) is 0 Å². The van der Waals surface area contributed by atoms with Crippen LogP contribution in [0.2, 0.25) is 0 Å². The molecule has 2 fully saturated rings. The highest BCUT2D eigenvalue weighted by Crippen LogP contribution is 2.26. The highest BCUT2D eigenvalue weighted by molar-refractivity contribution is 5.86. The van der Waals surface area contributed by atoms with E-state index in [1.165, 1.54) is 5.56 Å². The molecule has 2 amide bonds. The molecule has 6 nitrogen and oxygen atoms in total. The maximum Gasteiger partial charge on any atom is 0.410 e. The van der Waals surface area contributed by atoms with Gasteiger partial charge in [-0.05, 0) is 64.7 Å². The summed E-state index contributed by atoms with van der Waals surface area (Å²) in [5, 5.41) is 0. The molecule has 0 saturated carbocycles. The Morgan fingerprint density at radius 3 is 2.38 bits per heavy atom. The molecule has 2 aliphatic heterocycles. The lowest BCUT2D eigenvalue weighted by atomic mass is 10.1. The first-order chi connectivity index (χ1) is 13.6. The summed E-state index contributed by atoms with van der Waals surface area (Å²) in [7, 11) is 0. The summed E-state index contributed by atoms with van der Waals surface area (Å²) in [4.78, 5) is 29.1. The zero-order valence-corrected chi connectivity index (χ0v) is 18.4. The number of ether oxygens (including phenoxy) is 2. The molecule has 2 heterocycles. The molecule has 1 aromatic carbocycles. The topological polar surface area (TPSA) is 59.1 Å². The van der Waals surface area contributed by atoms with Crippen LogP contribution in [0, 0.1) is 13.8 Å². The van der Waals surface area contributed by atoms with Crippen LogP contribution < -0.4 is 4.74 Å². The summed E-state index contributed by atoms with van der Waals surface area (Å²) in [6, 6.07) is 5.83. The third kappa shape index (κ3) is 5.43. The van der Waals surface area contributed by atoms with Crippen molar-refractivity contribution in [3.05, 3.63) is 29.3 Å². The predicted octanol–water partition coefficient (Wildman–Crippen LogP) is 4.07. The number of carbonyl (C=O) groups is 2. The van der Waals surface area contributed by atoms with Gasteiger partial charge in [-0.15, -0.1) is 0 Å². The normalized spacial score (nSPS) is 20.7. The number of amides is 2. The summed E-state index contributed by atoms with van der Waals surface area (Å²) in [5.74, 6) is 0.972. The van der Waals surface area contributed by atoms with Gasteiger partial charge in [-0.2, -0.15) is 0 Å². The van der Waals surface area contributed by atoms with Gasteiger partial charge >= 0.3 is 6.09 Å². The van der Waals surface area contributed by atoms with Crippen molar-refractivity contribution in [2.24, 2.45) is 0 Å². The first-order valence-corrected chi connectivity index (χ1v) is 10.7. The second kappa shape index (κ2) is 8.64. The third-order valence-corrected chi connectivity index (χ3v) is 5.56. The van der Waals surface area contributed by atoms with E-state index in [-0.39, 0.29) is 18.1 Å².